The topological polar surface area (TPSA) is 96.3 Å². The van der Waals surface area contributed by atoms with Gasteiger partial charge in [0.05, 0.1) is 19.3 Å². The molecular weight excluding hydrogens is 404 g/mol. The van der Waals surface area contributed by atoms with E-state index < -0.39 is 0 Å². The first-order valence-electron chi connectivity index (χ1n) is 9.38. The fraction of sp³-hybridized carbons (Fsp3) is 0.190. The lowest BCUT2D eigenvalue weighted by molar-refractivity contribution is 0.410. The van der Waals surface area contributed by atoms with Crippen LogP contribution in [0, 0.1) is 6.92 Å². The van der Waals surface area contributed by atoms with Crippen molar-refractivity contribution in [3.63, 3.8) is 0 Å². The summed E-state index contributed by atoms with van der Waals surface area (Å²) in [6, 6.07) is 14.8. The van der Waals surface area contributed by atoms with Crippen LogP contribution in [0.3, 0.4) is 0 Å². The van der Waals surface area contributed by atoms with Gasteiger partial charge in [0.25, 0.3) is 11.3 Å². The minimum Gasteiger partial charge on any atom is -0.496 e. The number of nitrogens with one attached hydrogen (secondary N) is 3. The van der Waals surface area contributed by atoms with Crippen molar-refractivity contribution >= 4 is 29.0 Å². The SMILES string of the molecule is COc1ccccc1CNc1nc2nc(CNc3cccc(Cl)c3C)cc(=O)n2[nH]1. The van der Waals surface area contributed by atoms with E-state index in [0.717, 1.165) is 22.6 Å². The summed E-state index contributed by atoms with van der Waals surface area (Å²) < 4.78 is 6.66. The second-order valence-corrected chi connectivity index (χ2v) is 7.13. The van der Waals surface area contributed by atoms with Crippen molar-refractivity contribution in [2.75, 3.05) is 17.7 Å². The first-order valence-corrected chi connectivity index (χ1v) is 9.76. The second kappa shape index (κ2) is 8.46. The van der Waals surface area contributed by atoms with Crippen LogP contribution in [0.2, 0.25) is 5.02 Å². The molecule has 9 heteroatoms. The molecule has 0 bridgehead atoms. The van der Waals surface area contributed by atoms with Crippen molar-refractivity contribution in [3.8, 4) is 5.75 Å². The van der Waals surface area contributed by atoms with E-state index in [1.54, 1.807) is 7.11 Å². The number of benzene rings is 2. The summed E-state index contributed by atoms with van der Waals surface area (Å²) >= 11 is 6.16. The number of methoxy groups -OCH3 is 1. The Bertz CT molecular complexity index is 1250. The van der Waals surface area contributed by atoms with Crippen LogP contribution in [0.1, 0.15) is 16.8 Å². The van der Waals surface area contributed by atoms with Gasteiger partial charge in [-0.25, -0.2) is 4.98 Å². The molecule has 0 saturated carbocycles. The Morgan fingerprint density at radius 2 is 1.93 bits per heavy atom. The van der Waals surface area contributed by atoms with Crippen LogP contribution in [0.15, 0.2) is 53.3 Å². The molecule has 8 nitrogen and oxygen atoms in total. The highest BCUT2D eigenvalue weighted by Crippen LogP contribution is 2.23. The number of aromatic amines is 1. The maximum atomic E-state index is 12.5. The summed E-state index contributed by atoms with van der Waals surface area (Å²) in [5.41, 5.74) is 3.16. The molecule has 0 fully saturated rings. The zero-order chi connectivity index (χ0) is 21.1. The summed E-state index contributed by atoms with van der Waals surface area (Å²) in [6.07, 6.45) is 0. The third kappa shape index (κ3) is 4.08. The Kier molecular flexibility index (Phi) is 5.58. The van der Waals surface area contributed by atoms with E-state index in [2.05, 4.69) is 25.7 Å². The molecule has 4 rings (SSSR count). The van der Waals surface area contributed by atoms with Gasteiger partial charge in [0.15, 0.2) is 0 Å². The quantitative estimate of drug-likeness (QED) is 0.419. The number of anilines is 2. The zero-order valence-corrected chi connectivity index (χ0v) is 17.3. The van der Waals surface area contributed by atoms with E-state index in [1.807, 2.05) is 49.4 Å². The van der Waals surface area contributed by atoms with Crippen molar-refractivity contribution in [1.82, 2.24) is 19.6 Å². The number of rotatable bonds is 7. The number of halogens is 1. The van der Waals surface area contributed by atoms with Gasteiger partial charge in [-0.1, -0.05) is 35.9 Å². The lowest BCUT2D eigenvalue weighted by Gasteiger charge is -2.10. The zero-order valence-electron chi connectivity index (χ0n) is 16.6. The van der Waals surface area contributed by atoms with Gasteiger partial charge >= 0.3 is 0 Å². The maximum Gasteiger partial charge on any atom is 0.274 e. The normalized spacial score (nSPS) is 10.9. The molecule has 0 atom stereocenters. The Labute approximate surface area is 177 Å². The van der Waals surface area contributed by atoms with Gasteiger partial charge in [-0.15, -0.1) is 0 Å². The molecular formula is C21H21ClN6O2. The third-order valence-corrected chi connectivity index (χ3v) is 5.16. The molecule has 0 aliphatic rings. The highest BCUT2D eigenvalue weighted by molar-refractivity contribution is 6.31. The molecule has 4 aromatic rings. The van der Waals surface area contributed by atoms with Crippen LogP contribution in [0.4, 0.5) is 11.6 Å². The van der Waals surface area contributed by atoms with Gasteiger partial charge in [0.1, 0.15) is 5.75 Å². The van der Waals surface area contributed by atoms with Crippen LogP contribution >= 0.6 is 11.6 Å². The highest BCUT2D eigenvalue weighted by atomic mass is 35.5. The van der Waals surface area contributed by atoms with E-state index >= 15 is 0 Å². The number of hydrogen-bond acceptors (Lipinski definition) is 6. The molecule has 0 spiro atoms. The first-order chi connectivity index (χ1) is 14.5. The monoisotopic (exact) mass is 424 g/mol. The van der Waals surface area contributed by atoms with E-state index in [9.17, 15) is 4.79 Å². The summed E-state index contributed by atoms with van der Waals surface area (Å²) in [4.78, 5) is 21.3. The predicted molar refractivity (Wildman–Crippen MR) is 117 cm³/mol. The van der Waals surface area contributed by atoms with E-state index in [4.69, 9.17) is 16.3 Å². The Hall–Kier alpha value is -3.52. The number of fused-ring (bicyclic) bond motifs is 1. The van der Waals surface area contributed by atoms with Gasteiger partial charge < -0.3 is 15.4 Å². The van der Waals surface area contributed by atoms with E-state index in [-0.39, 0.29) is 5.56 Å². The van der Waals surface area contributed by atoms with Crippen molar-refractivity contribution in [2.24, 2.45) is 0 Å². The van der Waals surface area contributed by atoms with Crippen molar-refractivity contribution in [3.05, 3.63) is 80.7 Å². The second-order valence-electron chi connectivity index (χ2n) is 6.72. The van der Waals surface area contributed by atoms with Gasteiger partial charge in [-0.2, -0.15) is 9.50 Å². The number of nitrogens with zero attached hydrogens (tertiary/aromatic N) is 3. The number of H-pyrrole nitrogens is 1. The third-order valence-electron chi connectivity index (χ3n) is 4.75. The summed E-state index contributed by atoms with van der Waals surface area (Å²) in [7, 11) is 1.63. The standard InChI is InChI=1S/C21H21ClN6O2/c1-13-16(22)7-5-8-17(13)23-12-15-10-19(29)28-21(25-15)26-20(27-28)24-11-14-6-3-4-9-18(14)30-2/h3-10,23H,11-12H2,1-2H3,(H2,24,25,26,27). The highest BCUT2D eigenvalue weighted by Gasteiger charge is 2.10. The molecule has 2 aromatic carbocycles. The van der Waals surface area contributed by atoms with Crippen molar-refractivity contribution in [1.29, 1.82) is 0 Å². The van der Waals surface area contributed by atoms with Gasteiger partial charge in [-0.05, 0) is 30.7 Å². The first kappa shape index (κ1) is 19.8. The number of ether oxygens (including phenoxy) is 1. The molecule has 0 amide bonds. The summed E-state index contributed by atoms with van der Waals surface area (Å²) in [6.45, 7) is 2.80. The summed E-state index contributed by atoms with van der Waals surface area (Å²) in [5.74, 6) is 1.52. The molecule has 2 heterocycles. The van der Waals surface area contributed by atoms with E-state index in [1.165, 1.54) is 10.6 Å². The lowest BCUT2D eigenvalue weighted by Crippen LogP contribution is -2.17. The number of aromatic nitrogens is 4. The van der Waals surface area contributed by atoms with E-state index in [0.29, 0.717) is 35.5 Å². The molecule has 154 valence electrons. The minimum atomic E-state index is -0.238. The molecule has 0 unspecified atom stereocenters. The Morgan fingerprint density at radius 1 is 1.10 bits per heavy atom. The molecule has 3 N–H and O–H groups in total. The molecule has 0 saturated heterocycles. The fourth-order valence-corrected chi connectivity index (χ4v) is 3.28. The molecule has 2 aromatic heterocycles. The van der Waals surface area contributed by atoms with Gasteiger partial charge in [0.2, 0.25) is 5.95 Å². The fourth-order valence-electron chi connectivity index (χ4n) is 3.11. The molecule has 0 aliphatic carbocycles. The van der Waals surface area contributed by atoms with Gasteiger partial charge in [0, 0.05) is 28.9 Å². The lowest BCUT2D eigenvalue weighted by atomic mass is 10.2. The Balaban J connectivity index is 1.51. The number of para-hydroxylation sites is 1. The van der Waals surface area contributed by atoms with Crippen molar-refractivity contribution < 1.29 is 4.74 Å². The number of hydrogen-bond donors (Lipinski definition) is 3. The van der Waals surface area contributed by atoms with Crippen molar-refractivity contribution in [2.45, 2.75) is 20.0 Å². The van der Waals surface area contributed by atoms with Crippen LogP contribution in [-0.2, 0) is 13.1 Å². The predicted octanol–water partition coefficient (Wildman–Crippen LogP) is 3.61. The maximum absolute atomic E-state index is 12.5. The average Bonchev–Trinajstić information content (AvgIpc) is 3.17. The summed E-state index contributed by atoms with van der Waals surface area (Å²) in [5, 5.41) is 10.0. The van der Waals surface area contributed by atoms with Gasteiger partial charge in [-0.3, -0.25) is 9.89 Å². The molecule has 0 aliphatic heterocycles. The van der Waals surface area contributed by atoms with Crippen LogP contribution < -0.4 is 20.9 Å². The van der Waals surface area contributed by atoms with Crippen LogP contribution in [0.5, 0.6) is 5.75 Å². The smallest absolute Gasteiger partial charge is 0.274 e. The Morgan fingerprint density at radius 3 is 2.77 bits per heavy atom. The largest absolute Gasteiger partial charge is 0.496 e. The minimum absolute atomic E-state index is 0.238. The van der Waals surface area contributed by atoms with Crippen LogP contribution in [0.25, 0.3) is 5.78 Å². The van der Waals surface area contributed by atoms with Crippen LogP contribution in [-0.4, -0.2) is 26.7 Å². The molecule has 0 radical (unpaired) electrons. The molecule has 30 heavy (non-hydrogen) atoms. The average molecular weight is 425 g/mol.